The smallest absolute Gasteiger partial charge is 0.315 e. The monoisotopic (exact) mass is 495 g/mol. The van der Waals surface area contributed by atoms with Gasteiger partial charge < -0.3 is 28.3 Å². The summed E-state index contributed by atoms with van der Waals surface area (Å²) in [6.07, 6.45) is 0.576. The van der Waals surface area contributed by atoms with Crippen molar-refractivity contribution in [2.24, 2.45) is 5.92 Å². The highest BCUT2D eigenvalue weighted by Gasteiger charge is 2.84. The SMILES string of the molecule is C[C@@H]1C2(COC(=O)[C@H]3CCn4c(C(=O)c5ccccc5)ccc43)OC1(C)C1(C)OC(C)(C)O[C@@]1(C)O2. The molecular formula is C28H33NO7. The topological polar surface area (TPSA) is 85.2 Å². The van der Waals surface area contributed by atoms with E-state index in [4.69, 9.17) is 23.7 Å². The highest BCUT2D eigenvalue weighted by atomic mass is 16.9. The van der Waals surface area contributed by atoms with Crippen molar-refractivity contribution in [1.29, 1.82) is 0 Å². The van der Waals surface area contributed by atoms with Gasteiger partial charge in [0.2, 0.25) is 17.4 Å². The lowest BCUT2D eigenvalue weighted by Gasteiger charge is -2.71. The number of carbonyl (C=O) groups is 2. The maximum atomic E-state index is 13.2. The van der Waals surface area contributed by atoms with Crippen LogP contribution < -0.4 is 0 Å². The molecule has 0 amide bonds. The van der Waals surface area contributed by atoms with E-state index in [1.807, 2.05) is 70.4 Å². The molecule has 192 valence electrons. The summed E-state index contributed by atoms with van der Waals surface area (Å²) in [6, 6.07) is 12.8. The molecule has 4 saturated heterocycles. The Labute approximate surface area is 210 Å². The largest absolute Gasteiger partial charge is 0.459 e. The van der Waals surface area contributed by atoms with Gasteiger partial charge in [-0.2, -0.15) is 0 Å². The summed E-state index contributed by atoms with van der Waals surface area (Å²) < 4.78 is 33.0. The van der Waals surface area contributed by atoms with E-state index >= 15 is 0 Å². The molecule has 0 spiro atoms. The number of hydrogen-bond acceptors (Lipinski definition) is 7. The number of ketones is 1. The Kier molecular flexibility index (Phi) is 4.83. The average molecular weight is 496 g/mol. The van der Waals surface area contributed by atoms with Crippen molar-refractivity contribution < 1.29 is 33.3 Å². The fourth-order valence-electron chi connectivity index (χ4n) is 6.76. The summed E-state index contributed by atoms with van der Waals surface area (Å²) in [6.45, 7) is 12.1. The zero-order valence-electron chi connectivity index (χ0n) is 21.6. The van der Waals surface area contributed by atoms with E-state index in [2.05, 4.69) is 0 Å². The second-order valence-corrected chi connectivity index (χ2v) is 11.4. The van der Waals surface area contributed by atoms with Gasteiger partial charge in [-0.25, -0.2) is 0 Å². The molecule has 6 atom stereocenters. The maximum absolute atomic E-state index is 13.2. The zero-order chi connectivity index (χ0) is 25.7. The molecule has 0 saturated carbocycles. The summed E-state index contributed by atoms with van der Waals surface area (Å²) in [4.78, 5) is 26.2. The number of fused-ring (bicyclic) bond motifs is 1. The van der Waals surface area contributed by atoms with Crippen molar-refractivity contribution >= 4 is 11.8 Å². The van der Waals surface area contributed by atoms with E-state index in [-0.39, 0.29) is 24.3 Å². The molecule has 5 aliphatic heterocycles. The van der Waals surface area contributed by atoms with Gasteiger partial charge in [-0.05, 0) is 53.2 Å². The summed E-state index contributed by atoms with van der Waals surface area (Å²) in [5.41, 5.74) is 0.500. The van der Waals surface area contributed by atoms with Crippen LogP contribution in [0.2, 0.25) is 0 Å². The van der Waals surface area contributed by atoms with Crippen LogP contribution in [-0.2, 0) is 35.0 Å². The lowest BCUT2D eigenvalue weighted by atomic mass is 9.62. The number of nitrogens with zero attached hydrogens (tertiary/aromatic N) is 1. The molecule has 1 aromatic carbocycles. The number of esters is 1. The molecule has 5 aliphatic rings. The fraction of sp³-hybridized carbons (Fsp3) is 0.571. The van der Waals surface area contributed by atoms with Gasteiger partial charge in [-0.1, -0.05) is 37.3 Å². The van der Waals surface area contributed by atoms with Gasteiger partial charge in [0.1, 0.15) is 12.2 Å². The Morgan fingerprint density at radius 2 is 1.69 bits per heavy atom. The third-order valence-corrected chi connectivity index (χ3v) is 8.92. The number of aromatic nitrogens is 1. The summed E-state index contributed by atoms with van der Waals surface area (Å²) >= 11 is 0. The van der Waals surface area contributed by atoms with Crippen molar-refractivity contribution in [1.82, 2.24) is 4.57 Å². The van der Waals surface area contributed by atoms with Gasteiger partial charge in [0.25, 0.3) is 0 Å². The number of carbonyl (C=O) groups excluding carboxylic acids is 2. The van der Waals surface area contributed by atoms with E-state index in [1.54, 1.807) is 18.2 Å². The highest BCUT2D eigenvalue weighted by Crippen LogP contribution is 2.67. The second-order valence-electron chi connectivity index (χ2n) is 11.4. The molecule has 8 nitrogen and oxygen atoms in total. The first-order valence-electron chi connectivity index (χ1n) is 12.6. The van der Waals surface area contributed by atoms with Gasteiger partial charge >= 0.3 is 5.97 Å². The van der Waals surface area contributed by atoms with Crippen LogP contribution in [-0.4, -0.2) is 51.5 Å². The molecule has 8 heteroatoms. The molecule has 1 aromatic heterocycles. The van der Waals surface area contributed by atoms with Crippen molar-refractivity contribution in [2.75, 3.05) is 6.61 Å². The fourth-order valence-corrected chi connectivity index (χ4v) is 6.76. The van der Waals surface area contributed by atoms with Crippen LogP contribution in [0, 0.1) is 5.92 Å². The second kappa shape index (κ2) is 7.28. The molecule has 3 unspecified atom stereocenters. The minimum Gasteiger partial charge on any atom is -0.459 e. The lowest BCUT2D eigenvalue weighted by molar-refractivity contribution is -0.549. The third kappa shape index (κ3) is 2.96. The number of ether oxygens (including phenoxy) is 5. The maximum Gasteiger partial charge on any atom is 0.315 e. The van der Waals surface area contributed by atoms with E-state index in [0.29, 0.717) is 24.2 Å². The molecule has 36 heavy (non-hydrogen) atoms. The Bertz CT molecular complexity index is 1250. The van der Waals surface area contributed by atoms with Crippen molar-refractivity contribution in [3.05, 3.63) is 59.4 Å². The van der Waals surface area contributed by atoms with Crippen LogP contribution in [0.1, 0.15) is 75.6 Å². The zero-order valence-corrected chi connectivity index (χ0v) is 21.6. The van der Waals surface area contributed by atoms with Crippen LogP contribution in [0.5, 0.6) is 0 Å². The van der Waals surface area contributed by atoms with E-state index in [1.165, 1.54) is 0 Å². The minimum absolute atomic E-state index is 0.0505. The first kappa shape index (κ1) is 23.9. The summed E-state index contributed by atoms with van der Waals surface area (Å²) in [5.74, 6) is -3.97. The molecule has 7 rings (SSSR count). The molecule has 0 aliphatic carbocycles. The van der Waals surface area contributed by atoms with Gasteiger partial charge in [0.05, 0.1) is 11.6 Å². The van der Waals surface area contributed by atoms with Gasteiger partial charge in [-0.15, -0.1) is 0 Å². The molecule has 2 bridgehead atoms. The van der Waals surface area contributed by atoms with Crippen LogP contribution >= 0.6 is 0 Å². The van der Waals surface area contributed by atoms with Crippen LogP contribution in [0.15, 0.2) is 42.5 Å². The molecule has 2 aromatic rings. The van der Waals surface area contributed by atoms with Gasteiger partial charge in [-0.3, -0.25) is 9.59 Å². The Hall–Kier alpha value is -2.52. The number of rotatable bonds is 5. The van der Waals surface area contributed by atoms with Crippen LogP contribution in [0.3, 0.4) is 0 Å². The Morgan fingerprint density at radius 3 is 2.39 bits per heavy atom. The van der Waals surface area contributed by atoms with E-state index < -0.39 is 34.5 Å². The number of hydrogen-bond donors (Lipinski definition) is 0. The first-order chi connectivity index (χ1) is 16.8. The summed E-state index contributed by atoms with van der Waals surface area (Å²) in [5, 5.41) is 0. The molecule has 0 N–H and O–H groups in total. The van der Waals surface area contributed by atoms with Crippen molar-refractivity contribution in [3.8, 4) is 0 Å². The molecular weight excluding hydrogens is 462 g/mol. The molecule has 4 fully saturated rings. The normalized spacial score (nSPS) is 39.7. The molecule has 0 radical (unpaired) electrons. The number of benzene rings is 1. The van der Waals surface area contributed by atoms with E-state index in [0.717, 1.165) is 5.69 Å². The Balaban J connectivity index is 1.18. The van der Waals surface area contributed by atoms with E-state index in [9.17, 15) is 9.59 Å². The Morgan fingerprint density at radius 1 is 0.972 bits per heavy atom. The lowest BCUT2D eigenvalue weighted by Crippen LogP contribution is -2.87. The quantitative estimate of drug-likeness (QED) is 0.455. The van der Waals surface area contributed by atoms with Crippen molar-refractivity contribution in [2.45, 2.75) is 89.0 Å². The van der Waals surface area contributed by atoms with Gasteiger partial charge in [0.15, 0.2) is 11.4 Å². The van der Waals surface area contributed by atoms with Crippen molar-refractivity contribution in [3.63, 3.8) is 0 Å². The average Bonchev–Trinajstić information content (AvgIpc) is 3.47. The van der Waals surface area contributed by atoms with Crippen LogP contribution in [0.25, 0.3) is 0 Å². The predicted octanol–water partition coefficient (Wildman–Crippen LogP) is 4.16. The predicted molar refractivity (Wildman–Crippen MR) is 128 cm³/mol. The van der Waals surface area contributed by atoms with Gasteiger partial charge in [0, 0.05) is 23.7 Å². The standard InChI is InChI=1S/C28H33NO7/c1-17-25(4)26(5)27(6,34-24(2,3)33-26)36-28(17,35-25)16-32-23(31)19-14-15-29-20(19)12-13-21(29)22(30)18-10-8-7-9-11-18/h7-13,17,19H,14-16H2,1-6H3/t17-,19-,25?,26?,27-,28?/m0/s1. The first-order valence-corrected chi connectivity index (χ1v) is 12.6. The minimum atomic E-state index is -1.11. The third-order valence-electron chi connectivity index (χ3n) is 8.92. The molecule has 6 heterocycles. The van der Waals surface area contributed by atoms with Crippen LogP contribution in [0.4, 0.5) is 0 Å². The highest BCUT2D eigenvalue weighted by molar-refractivity contribution is 6.08. The summed E-state index contributed by atoms with van der Waals surface area (Å²) in [7, 11) is 0.